The minimum Gasteiger partial charge on any atom is -0.387 e. The first-order valence-corrected chi connectivity index (χ1v) is 6.55. The number of amidine groups is 1. The van der Waals surface area contributed by atoms with Crippen molar-refractivity contribution in [2.45, 2.75) is 46.5 Å². The normalized spacial score (nSPS) is 22.9. The zero-order valence-corrected chi connectivity index (χ0v) is 11.1. The van der Waals surface area contributed by atoms with E-state index in [2.05, 4.69) is 25.7 Å². The summed E-state index contributed by atoms with van der Waals surface area (Å²) in [6.07, 6.45) is 4.68. The molecule has 0 aromatic carbocycles. The molecule has 0 aliphatic carbocycles. The maximum atomic E-state index is 7.62. The summed E-state index contributed by atoms with van der Waals surface area (Å²) in [4.78, 5) is 2.53. The van der Waals surface area contributed by atoms with Gasteiger partial charge in [0.15, 0.2) is 0 Å². The molecular weight excluding hydrogens is 198 g/mol. The molecule has 3 heteroatoms. The van der Waals surface area contributed by atoms with Gasteiger partial charge in [-0.3, -0.25) is 5.41 Å². The third-order valence-electron chi connectivity index (χ3n) is 3.96. The molecule has 0 spiro atoms. The highest BCUT2D eigenvalue weighted by Crippen LogP contribution is 2.30. The van der Waals surface area contributed by atoms with Gasteiger partial charge < -0.3 is 10.6 Å². The predicted molar refractivity (Wildman–Crippen MR) is 69.8 cm³/mol. The van der Waals surface area contributed by atoms with Crippen LogP contribution in [0, 0.1) is 16.7 Å². The molecule has 1 rings (SSSR count). The van der Waals surface area contributed by atoms with Crippen LogP contribution in [0.4, 0.5) is 0 Å². The SMILES string of the molecule is CCCC(C)CN1CCC(C)(C(=N)N)CC1. The zero-order chi connectivity index (χ0) is 12.2. The van der Waals surface area contributed by atoms with Gasteiger partial charge >= 0.3 is 0 Å². The fraction of sp³-hybridized carbons (Fsp3) is 0.923. The highest BCUT2D eigenvalue weighted by Gasteiger charge is 2.32. The van der Waals surface area contributed by atoms with E-state index in [1.54, 1.807) is 0 Å². The predicted octanol–water partition coefficient (Wildman–Crippen LogP) is 2.46. The monoisotopic (exact) mass is 225 g/mol. The Morgan fingerprint density at radius 3 is 2.44 bits per heavy atom. The molecule has 16 heavy (non-hydrogen) atoms. The van der Waals surface area contributed by atoms with Gasteiger partial charge in [-0.15, -0.1) is 0 Å². The van der Waals surface area contributed by atoms with Crippen LogP contribution in [0.1, 0.15) is 46.5 Å². The third kappa shape index (κ3) is 3.48. The summed E-state index contributed by atoms with van der Waals surface area (Å²) < 4.78 is 0. The zero-order valence-electron chi connectivity index (χ0n) is 11.1. The highest BCUT2D eigenvalue weighted by molar-refractivity contribution is 5.83. The van der Waals surface area contributed by atoms with Crippen molar-refractivity contribution in [3.8, 4) is 0 Å². The topological polar surface area (TPSA) is 53.1 Å². The van der Waals surface area contributed by atoms with Crippen LogP contribution in [0.3, 0.4) is 0 Å². The second-order valence-corrected chi connectivity index (χ2v) is 5.67. The van der Waals surface area contributed by atoms with E-state index in [1.165, 1.54) is 19.4 Å². The van der Waals surface area contributed by atoms with E-state index >= 15 is 0 Å². The molecule has 0 amide bonds. The lowest BCUT2D eigenvalue weighted by atomic mass is 9.79. The number of nitrogens with zero attached hydrogens (tertiary/aromatic N) is 1. The second kappa shape index (κ2) is 5.67. The van der Waals surface area contributed by atoms with E-state index in [9.17, 15) is 0 Å². The molecule has 0 bridgehead atoms. The van der Waals surface area contributed by atoms with Gasteiger partial charge in [-0.25, -0.2) is 0 Å². The first-order valence-electron chi connectivity index (χ1n) is 6.55. The Labute approximate surface area is 99.9 Å². The van der Waals surface area contributed by atoms with Crippen molar-refractivity contribution in [3.05, 3.63) is 0 Å². The van der Waals surface area contributed by atoms with Gasteiger partial charge in [-0.1, -0.05) is 27.2 Å². The van der Waals surface area contributed by atoms with Crippen molar-refractivity contribution < 1.29 is 0 Å². The average Bonchev–Trinajstić information content (AvgIpc) is 2.22. The molecule has 1 atom stereocenters. The van der Waals surface area contributed by atoms with Crippen molar-refractivity contribution in [1.29, 1.82) is 5.41 Å². The molecule has 3 N–H and O–H groups in total. The Bertz CT molecular complexity index is 229. The third-order valence-corrected chi connectivity index (χ3v) is 3.96. The van der Waals surface area contributed by atoms with E-state index in [4.69, 9.17) is 11.1 Å². The molecule has 1 heterocycles. The van der Waals surface area contributed by atoms with Gasteiger partial charge in [0.05, 0.1) is 5.84 Å². The molecule has 0 aromatic heterocycles. The van der Waals surface area contributed by atoms with Crippen LogP contribution >= 0.6 is 0 Å². The maximum absolute atomic E-state index is 7.62. The Morgan fingerprint density at radius 2 is 2.00 bits per heavy atom. The first-order chi connectivity index (χ1) is 7.48. The van der Waals surface area contributed by atoms with Crippen LogP contribution in [0.15, 0.2) is 0 Å². The Kier molecular flexibility index (Phi) is 4.78. The van der Waals surface area contributed by atoms with E-state index in [1.807, 2.05) is 0 Å². The van der Waals surface area contributed by atoms with E-state index in [-0.39, 0.29) is 5.41 Å². The van der Waals surface area contributed by atoms with Crippen molar-refractivity contribution in [3.63, 3.8) is 0 Å². The largest absolute Gasteiger partial charge is 0.387 e. The van der Waals surface area contributed by atoms with Gasteiger partial charge in [-0.2, -0.15) is 0 Å². The molecule has 1 aliphatic rings. The number of hydrogen-bond acceptors (Lipinski definition) is 2. The van der Waals surface area contributed by atoms with Crippen LogP contribution in [-0.2, 0) is 0 Å². The molecule has 1 saturated heterocycles. The molecule has 1 unspecified atom stereocenters. The first kappa shape index (κ1) is 13.5. The Morgan fingerprint density at radius 1 is 1.44 bits per heavy atom. The number of nitrogens with two attached hydrogens (primary N) is 1. The Balaban J connectivity index is 2.34. The van der Waals surface area contributed by atoms with Gasteiger partial charge in [-0.05, 0) is 38.3 Å². The van der Waals surface area contributed by atoms with E-state index in [0.29, 0.717) is 5.84 Å². The molecule has 3 nitrogen and oxygen atoms in total. The minimum atomic E-state index is -0.0372. The number of piperidine rings is 1. The lowest BCUT2D eigenvalue weighted by Gasteiger charge is -2.39. The average molecular weight is 225 g/mol. The summed E-state index contributed by atoms with van der Waals surface area (Å²) in [7, 11) is 0. The summed E-state index contributed by atoms with van der Waals surface area (Å²) in [5.74, 6) is 1.17. The fourth-order valence-electron chi connectivity index (χ4n) is 2.52. The molecule has 0 aromatic rings. The van der Waals surface area contributed by atoms with E-state index in [0.717, 1.165) is 31.8 Å². The number of rotatable bonds is 5. The van der Waals surface area contributed by atoms with Gasteiger partial charge in [0.1, 0.15) is 0 Å². The summed E-state index contributed by atoms with van der Waals surface area (Å²) in [5.41, 5.74) is 5.62. The molecule has 1 fully saturated rings. The quantitative estimate of drug-likeness (QED) is 0.558. The number of likely N-dealkylation sites (tertiary alicyclic amines) is 1. The standard InChI is InChI=1S/C13H27N3/c1-4-5-11(2)10-16-8-6-13(3,7-9-16)12(14)15/h11H,4-10H2,1-3H3,(H3,14,15). The van der Waals surface area contributed by atoms with Gasteiger partial charge in [0, 0.05) is 12.0 Å². The summed E-state index contributed by atoms with van der Waals surface area (Å²) >= 11 is 0. The molecule has 0 radical (unpaired) electrons. The van der Waals surface area contributed by atoms with Crippen molar-refractivity contribution in [2.24, 2.45) is 17.1 Å². The molecule has 94 valence electrons. The minimum absolute atomic E-state index is 0.0372. The highest BCUT2D eigenvalue weighted by atomic mass is 15.1. The van der Waals surface area contributed by atoms with E-state index < -0.39 is 0 Å². The number of hydrogen-bond donors (Lipinski definition) is 2. The summed E-state index contributed by atoms with van der Waals surface area (Å²) in [5, 5.41) is 7.62. The fourth-order valence-corrected chi connectivity index (χ4v) is 2.52. The van der Waals surface area contributed by atoms with Crippen molar-refractivity contribution in [1.82, 2.24) is 4.90 Å². The van der Waals surface area contributed by atoms with Crippen LogP contribution in [0.2, 0.25) is 0 Å². The smallest absolute Gasteiger partial charge is 0.0966 e. The number of nitrogens with one attached hydrogen (secondary N) is 1. The maximum Gasteiger partial charge on any atom is 0.0966 e. The van der Waals surface area contributed by atoms with Crippen LogP contribution in [-0.4, -0.2) is 30.4 Å². The Hall–Kier alpha value is -0.570. The lowest BCUT2D eigenvalue weighted by Crippen LogP contribution is -2.46. The summed E-state index contributed by atoms with van der Waals surface area (Å²) in [6.45, 7) is 10.1. The lowest BCUT2D eigenvalue weighted by molar-refractivity contribution is 0.143. The van der Waals surface area contributed by atoms with Crippen LogP contribution < -0.4 is 5.73 Å². The van der Waals surface area contributed by atoms with Crippen LogP contribution in [0.5, 0.6) is 0 Å². The summed E-state index contributed by atoms with van der Waals surface area (Å²) in [6, 6.07) is 0. The molecule has 0 saturated carbocycles. The van der Waals surface area contributed by atoms with Crippen molar-refractivity contribution in [2.75, 3.05) is 19.6 Å². The van der Waals surface area contributed by atoms with Gasteiger partial charge in [0.25, 0.3) is 0 Å². The van der Waals surface area contributed by atoms with Gasteiger partial charge in [0.2, 0.25) is 0 Å². The van der Waals surface area contributed by atoms with Crippen LogP contribution in [0.25, 0.3) is 0 Å². The second-order valence-electron chi connectivity index (χ2n) is 5.67. The van der Waals surface area contributed by atoms with Crippen molar-refractivity contribution >= 4 is 5.84 Å². The molecule has 1 aliphatic heterocycles. The molecular formula is C13H27N3.